The first-order chi connectivity index (χ1) is 26.7. The van der Waals surface area contributed by atoms with Crippen LogP contribution in [0.1, 0.15) is 37.3 Å². The SMILES string of the molecule is C1=CC(c2nc(-c3ccccc3)nc(-c3cccc(-c4cccc(-c5cccc(-c6nc(C7=CCCC=C7)nc(-c7ccccc7)n6)c5)c4)c3)n2)=CCC1. The monoisotopic (exact) mass is 696 g/mol. The van der Waals surface area contributed by atoms with E-state index in [0.29, 0.717) is 34.9 Å². The molecule has 0 saturated carbocycles. The van der Waals surface area contributed by atoms with E-state index in [9.17, 15) is 0 Å². The lowest BCUT2D eigenvalue weighted by atomic mass is 9.97. The number of hydrogen-bond acceptors (Lipinski definition) is 6. The summed E-state index contributed by atoms with van der Waals surface area (Å²) in [5, 5.41) is 0. The molecule has 2 aliphatic carbocycles. The van der Waals surface area contributed by atoms with Gasteiger partial charge in [-0.05, 0) is 66.1 Å². The molecule has 2 aromatic heterocycles. The Labute approximate surface area is 315 Å². The smallest absolute Gasteiger partial charge is 0.164 e. The molecule has 0 saturated heterocycles. The van der Waals surface area contributed by atoms with E-state index >= 15 is 0 Å². The lowest BCUT2D eigenvalue weighted by Gasteiger charge is -2.12. The zero-order valence-electron chi connectivity index (χ0n) is 29.7. The molecule has 6 nitrogen and oxygen atoms in total. The Morgan fingerprint density at radius 3 is 0.963 bits per heavy atom. The minimum Gasteiger partial charge on any atom is -0.208 e. The highest BCUT2D eigenvalue weighted by Gasteiger charge is 2.16. The largest absolute Gasteiger partial charge is 0.208 e. The third kappa shape index (κ3) is 7.10. The van der Waals surface area contributed by atoms with Gasteiger partial charge in [0.05, 0.1) is 0 Å². The van der Waals surface area contributed by atoms with Gasteiger partial charge in [0.2, 0.25) is 0 Å². The van der Waals surface area contributed by atoms with Crippen molar-refractivity contribution in [2.45, 2.75) is 25.7 Å². The average molecular weight is 697 g/mol. The fourth-order valence-corrected chi connectivity index (χ4v) is 6.81. The molecule has 2 aliphatic rings. The summed E-state index contributed by atoms with van der Waals surface area (Å²) in [6.45, 7) is 0. The van der Waals surface area contributed by atoms with Crippen LogP contribution in [0.25, 0.3) is 79.0 Å². The van der Waals surface area contributed by atoms with Gasteiger partial charge in [0, 0.05) is 33.4 Å². The number of rotatable bonds is 8. The summed E-state index contributed by atoms with van der Waals surface area (Å²) in [6.07, 6.45) is 17.0. The van der Waals surface area contributed by atoms with Crippen LogP contribution in [0.2, 0.25) is 0 Å². The Morgan fingerprint density at radius 1 is 0.278 bits per heavy atom. The summed E-state index contributed by atoms with van der Waals surface area (Å²) in [7, 11) is 0. The van der Waals surface area contributed by atoms with Crippen LogP contribution in [0.5, 0.6) is 0 Å². The molecule has 0 radical (unpaired) electrons. The molecule has 0 aliphatic heterocycles. The summed E-state index contributed by atoms with van der Waals surface area (Å²) in [6, 6.07) is 45.7. The number of aromatic nitrogens is 6. The van der Waals surface area contributed by atoms with Crippen molar-refractivity contribution in [1.82, 2.24) is 29.9 Å². The Kier molecular flexibility index (Phi) is 9.14. The van der Waals surface area contributed by atoms with E-state index < -0.39 is 0 Å². The van der Waals surface area contributed by atoms with Crippen molar-refractivity contribution in [3.63, 3.8) is 0 Å². The maximum absolute atomic E-state index is 4.99. The number of hydrogen-bond donors (Lipinski definition) is 0. The molecule has 0 N–H and O–H groups in total. The lowest BCUT2D eigenvalue weighted by Crippen LogP contribution is -2.03. The third-order valence-electron chi connectivity index (χ3n) is 9.61. The van der Waals surface area contributed by atoms with Crippen molar-refractivity contribution in [3.05, 3.63) is 182 Å². The molecule has 7 aromatic rings. The summed E-state index contributed by atoms with van der Waals surface area (Å²) in [5.74, 6) is 4.00. The van der Waals surface area contributed by atoms with Gasteiger partial charge in [-0.1, -0.05) is 152 Å². The van der Waals surface area contributed by atoms with Crippen LogP contribution in [0.15, 0.2) is 170 Å². The second kappa shape index (κ2) is 15.0. The standard InChI is InChI=1S/C48H36N6/c1-5-16-33(17-6-1)43-49-44(34-18-7-2-8-19-34)52-47(51-43)41-28-14-26-39(31-41)37-24-13-25-38(30-37)40-27-15-29-42(32-40)48-53-45(35-20-9-3-10-21-35)50-46(54-48)36-22-11-4-12-23-36/h1,3,5-7,9-11,13-32H,2,4,8,12H2. The molecule has 258 valence electrons. The highest BCUT2D eigenvalue weighted by atomic mass is 15.0. The summed E-state index contributed by atoms with van der Waals surface area (Å²) in [4.78, 5) is 29.7. The summed E-state index contributed by atoms with van der Waals surface area (Å²) in [5.41, 5.74) is 10.2. The topological polar surface area (TPSA) is 77.3 Å². The van der Waals surface area contributed by atoms with E-state index in [2.05, 4.69) is 109 Å². The van der Waals surface area contributed by atoms with E-state index in [1.54, 1.807) is 0 Å². The maximum atomic E-state index is 4.99. The second-order valence-electron chi connectivity index (χ2n) is 13.4. The molecule has 0 atom stereocenters. The highest BCUT2D eigenvalue weighted by Crippen LogP contribution is 2.33. The molecular formula is C48H36N6. The van der Waals surface area contributed by atoms with Crippen molar-refractivity contribution in [2.24, 2.45) is 0 Å². The van der Waals surface area contributed by atoms with E-state index in [0.717, 1.165) is 81.3 Å². The Morgan fingerprint density at radius 2 is 0.593 bits per heavy atom. The number of benzene rings is 5. The van der Waals surface area contributed by atoms with E-state index in [-0.39, 0.29) is 0 Å². The molecule has 6 heteroatoms. The first-order valence-electron chi connectivity index (χ1n) is 18.4. The van der Waals surface area contributed by atoms with Gasteiger partial charge in [-0.2, -0.15) is 0 Å². The van der Waals surface area contributed by atoms with Crippen LogP contribution in [0.3, 0.4) is 0 Å². The van der Waals surface area contributed by atoms with Crippen molar-refractivity contribution in [3.8, 4) is 67.8 Å². The quantitative estimate of drug-likeness (QED) is 0.157. The first-order valence-corrected chi connectivity index (χ1v) is 18.4. The van der Waals surface area contributed by atoms with Crippen LogP contribution < -0.4 is 0 Å². The Balaban J connectivity index is 1.07. The zero-order chi connectivity index (χ0) is 36.1. The second-order valence-corrected chi connectivity index (χ2v) is 13.4. The van der Waals surface area contributed by atoms with Gasteiger partial charge in [-0.15, -0.1) is 0 Å². The molecule has 0 unspecified atom stereocenters. The van der Waals surface area contributed by atoms with Gasteiger partial charge in [0.15, 0.2) is 34.9 Å². The van der Waals surface area contributed by atoms with Crippen molar-refractivity contribution >= 4 is 11.1 Å². The minimum atomic E-state index is 0.649. The molecule has 5 aromatic carbocycles. The molecule has 2 heterocycles. The number of nitrogens with zero attached hydrogens (tertiary/aromatic N) is 6. The maximum Gasteiger partial charge on any atom is 0.164 e. The molecule has 54 heavy (non-hydrogen) atoms. The molecule has 0 fully saturated rings. The molecule has 0 spiro atoms. The average Bonchev–Trinajstić information content (AvgIpc) is 3.27. The van der Waals surface area contributed by atoms with Crippen molar-refractivity contribution in [2.75, 3.05) is 0 Å². The summed E-state index contributed by atoms with van der Waals surface area (Å²) < 4.78 is 0. The van der Waals surface area contributed by atoms with Crippen LogP contribution in [-0.2, 0) is 0 Å². The lowest BCUT2D eigenvalue weighted by molar-refractivity contribution is 1.01. The Bertz CT molecular complexity index is 2430. The fourth-order valence-electron chi connectivity index (χ4n) is 6.81. The third-order valence-corrected chi connectivity index (χ3v) is 9.61. The van der Waals surface area contributed by atoms with Gasteiger partial charge in [-0.3, -0.25) is 0 Å². The van der Waals surface area contributed by atoms with Gasteiger partial charge in [0.25, 0.3) is 0 Å². The van der Waals surface area contributed by atoms with Crippen LogP contribution in [-0.4, -0.2) is 29.9 Å². The first kappa shape index (κ1) is 33.0. The molecule has 9 rings (SSSR count). The normalized spacial score (nSPS) is 13.7. The predicted molar refractivity (Wildman–Crippen MR) is 219 cm³/mol. The molecular weight excluding hydrogens is 661 g/mol. The molecule has 0 bridgehead atoms. The number of allylic oxidation sites excluding steroid dienone is 8. The van der Waals surface area contributed by atoms with Gasteiger partial charge >= 0.3 is 0 Å². The molecule has 0 amide bonds. The fraction of sp³-hybridized carbons (Fsp3) is 0.0833. The predicted octanol–water partition coefficient (Wildman–Crippen LogP) is 11.5. The van der Waals surface area contributed by atoms with Crippen molar-refractivity contribution < 1.29 is 0 Å². The highest BCUT2D eigenvalue weighted by molar-refractivity contribution is 5.79. The van der Waals surface area contributed by atoms with E-state index in [1.165, 1.54) is 0 Å². The van der Waals surface area contributed by atoms with Gasteiger partial charge < -0.3 is 0 Å². The summed E-state index contributed by atoms with van der Waals surface area (Å²) >= 11 is 0. The van der Waals surface area contributed by atoms with E-state index in [4.69, 9.17) is 29.9 Å². The van der Waals surface area contributed by atoms with Crippen LogP contribution in [0.4, 0.5) is 0 Å². The van der Waals surface area contributed by atoms with Gasteiger partial charge in [0.1, 0.15) is 0 Å². The van der Waals surface area contributed by atoms with Gasteiger partial charge in [-0.25, -0.2) is 29.9 Å². The van der Waals surface area contributed by atoms with Crippen molar-refractivity contribution in [1.29, 1.82) is 0 Å². The zero-order valence-corrected chi connectivity index (χ0v) is 29.7. The minimum absolute atomic E-state index is 0.649. The van der Waals surface area contributed by atoms with Crippen LogP contribution >= 0.6 is 0 Å². The van der Waals surface area contributed by atoms with Crippen LogP contribution in [0, 0.1) is 0 Å². The Hall–Kier alpha value is -6.92. The van der Waals surface area contributed by atoms with E-state index in [1.807, 2.05) is 60.7 Å².